The predicted octanol–water partition coefficient (Wildman–Crippen LogP) is 5.97. The van der Waals surface area contributed by atoms with Gasteiger partial charge in [0, 0.05) is 103 Å². The molecule has 0 unspecified atom stereocenters. The van der Waals surface area contributed by atoms with Crippen molar-refractivity contribution in [1.29, 1.82) is 0 Å². The summed E-state index contributed by atoms with van der Waals surface area (Å²) in [6, 6.07) is 8.04. The zero-order valence-corrected chi connectivity index (χ0v) is 38.0. The minimum atomic E-state index is -3.30. The molecule has 2 radical (unpaired) electrons. The minimum Gasteiger partial charge on any atom is -0.519 e. The zero-order chi connectivity index (χ0) is 37.3. The number of aliphatic hydroxyl groups excluding tert-OH is 1. The zero-order valence-electron chi connectivity index (χ0n) is 29.9. The van der Waals surface area contributed by atoms with E-state index in [1.54, 1.807) is 13.8 Å². The molecule has 2 aromatic carbocycles. The normalized spacial score (nSPS) is 17.4. The SMILES string of the molecule is CC.CC.Cc1c(C(=O)Cl)c[c-]c2c1CCS2(=O)=O.Cc1c(C(O)=C2C(=O)CCCC2=O)c[c-]c2c1CCS2(=O)=O.O=C1CCCC(=O)C1.[Y].[Y]. The van der Waals surface area contributed by atoms with Crippen molar-refractivity contribution in [3.8, 4) is 0 Å². The number of fused-ring (bicyclic) bond motifs is 2. The third kappa shape index (κ3) is 12.4. The van der Waals surface area contributed by atoms with Crippen LogP contribution in [0.2, 0.25) is 0 Å². The topological polar surface area (TPSA) is 174 Å². The molecule has 0 aromatic heterocycles. The number of rotatable bonds is 2. The van der Waals surface area contributed by atoms with Crippen LogP contribution in [0.5, 0.6) is 0 Å². The van der Waals surface area contributed by atoms with Gasteiger partial charge in [0.25, 0.3) is 0 Å². The summed E-state index contributed by atoms with van der Waals surface area (Å²) in [6.07, 6.45) is 3.99. The average molecular weight is 913 g/mol. The Hall–Kier alpha value is -1.27. The first-order valence-corrected chi connectivity index (χ1v) is 20.0. The largest absolute Gasteiger partial charge is 0.519 e. The van der Waals surface area contributed by atoms with Crippen LogP contribution in [0.25, 0.3) is 5.76 Å². The number of hydrogen-bond acceptors (Lipinski definition) is 10. The molecule has 0 saturated heterocycles. The maximum Gasteiger partial charge on any atom is 0.197 e. The van der Waals surface area contributed by atoms with Crippen LogP contribution < -0.4 is 0 Å². The Morgan fingerprint density at radius 3 is 1.41 bits per heavy atom. The number of halogens is 1. The van der Waals surface area contributed by atoms with Gasteiger partial charge in [0.05, 0.1) is 17.8 Å². The molecule has 2 fully saturated rings. The van der Waals surface area contributed by atoms with Gasteiger partial charge in [-0.15, -0.1) is 22.3 Å². The Morgan fingerprint density at radius 2 is 1.04 bits per heavy atom. The van der Waals surface area contributed by atoms with E-state index in [4.69, 9.17) is 11.6 Å². The number of hydrogen-bond donors (Lipinski definition) is 1. The molecule has 274 valence electrons. The second-order valence-electron chi connectivity index (χ2n) is 11.2. The molecule has 1 N–H and O–H groups in total. The first-order chi connectivity index (χ1) is 23.0. The first-order valence-electron chi connectivity index (χ1n) is 16.3. The van der Waals surface area contributed by atoms with Crippen molar-refractivity contribution in [2.45, 2.75) is 109 Å². The number of Topliss-reactive ketones (excluding diaryl/α,β-unsaturated/α-hetero) is 4. The van der Waals surface area contributed by atoms with Gasteiger partial charge in [-0.1, -0.05) is 77.1 Å². The fourth-order valence-electron chi connectivity index (χ4n) is 5.71. The van der Waals surface area contributed by atoms with Gasteiger partial charge < -0.3 is 5.11 Å². The summed E-state index contributed by atoms with van der Waals surface area (Å²) in [7, 11) is -6.48. The van der Waals surface area contributed by atoms with Crippen LogP contribution in [0, 0.1) is 26.0 Å². The minimum absolute atomic E-state index is 0. The quantitative estimate of drug-likeness (QED) is 0.0946. The number of sulfone groups is 2. The van der Waals surface area contributed by atoms with Crippen molar-refractivity contribution in [2.75, 3.05) is 11.5 Å². The summed E-state index contributed by atoms with van der Waals surface area (Å²) in [5.74, 6) is -0.724. The number of ketones is 4. The van der Waals surface area contributed by atoms with E-state index in [1.165, 1.54) is 12.1 Å². The van der Waals surface area contributed by atoms with Gasteiger partial charge in [0.1, 0.15) is 11.6 Å². The van der Waals surface area contributed by atoms with Gasteiger partial charge >= 0.3 is 0 Å². The molecule has 0 bridgehead atoms. The third-order valence-corrected chi connectivity index (χ3v) is 11.9. The molecule has 2 aliphatic heterocycles. The molecule has 6 rings (SSSR count). The van der Waals surface area contributed by atoms with Crippen LogP contribution in [0.1, 0.15) is 111 Å². The Labute approximate surface area is 356 Å². The molecule has 4 aliphatic rings. The van der Waals surface area contributed by atoms with Gasteiger partial charge in [-0.25, -0.2) is 16.8 Å². The van der Waals surface area contributed by atoms with E-state index in [9.17, 15) is 45.9 Å². The number of carbonyl (C=O) groups is 5. The number of allylic oxidation sites excluding steroid dienone is 1. The van der Waals surface area contributed by atoms with E-state index in [-0.39, 0.29) is 140 Å². The Morgan fingerprint density at radius 1 is 0.667 bits per heavy atom. The fourth-order valence-corrected chi connectivity index (χ4v) is 9.00. The van der Waals surface area contributed by atoms with E-state index < -0.39 is 24.9 Å². The summed E-state index contributed by atoms with van der Waals surface area (Å²) in [5.41, 5.74) is 3.03. The molecule has 2 aliphatic carbocycles. The van der Waals surface area contributed by atoms with Gasteiger partial charge in [-0.05, 0) is 22.6 Å². The van der Waals surface area contributed by atoms with Crippen LogP contribution in [0.4, 0.5) is 0 Å². The molecule has 0 atom stereocenters. The van der Waals surface area contributed by atoms with Crippen molar-refractivity contribution in [2.24, 2.45) is 0 Å². The van der Waals surface area contributed by atoms with Gasteiger partial charge in [0.2, 0.25) is 0 Å². The fraction of sp³-hybridized carbons (Fsp3) is 0.472. The van der Waals surface area contributed by atoms with Crippen molar-refractivity contribution < 1.29 is 111 Å². The van der Waals surface area contributed by atoms with Crippen molar-refractivity contribution >= 4 is 65.4 Å². The van der Waals surface area contributed by atoms with E-state index in [0.29, 0.717) is 65.5 Å². The van der Waals surface area contributed by atoms with Crippen LogP contribution in [0.3, 0.4) is 0 Å². The van der Waals surface area contributed by atoms with Gasteiger partial charge in [0.15, 0.2) is 36.5 Å². The van der Waals surface area contributed by atoms with Crippen LogP contribution >= 0.6 is 11.6 Å². The molecule has 15 heteroatoms. The molecule has 2 aromatic rings. The van der Waals surface area contributed by atoms with Gasteiger partial charge in [-0.3, -0.25) is 24.0 Å². The predicted molar refractivity (Wildman–Crippen MR) is 186 cm³/mol. The molecular formula is C36H43ClO10S2Y2-2. The van der Waals surface area contributed by atoms with E-state index >= 15 is 0 Å². The monoisotopic (exact) mass is 912 g/mol. The summed E-state index contributed by atoms with van der Waals surface area (Å²) >= 11 is 5.37. The average Bonchev–Trinajstić information content (AvgIpc) is 3.54. The van der Waals surface area contributed by atoms with Crippen molar-refractivity contribution in [1.82, 2.24) is 0 Å². The van der Waals surface area contributed by atoms with E-state index in [1.807, 2.05) is 27.7 Å². The van der Waals surface area contributed by atoms with Crippen LogP contribution in [-0.4, -0.2) is 61.8 Å². The van der Waals surface area contributed by atoms with E-state index in [0.717, 1.165) is 6.42 Å². The summed E-state index contributed by atoms with van der Waals surface area (Å²) < 4.78 is 46.8. The molecule has 0 amide bonds. The first kappa shape index (κ1) is 49.7. The molecular weight excluding hydrogens is 870 g/mol. The Balaban J connectivity index is 0.000000749. The summed E-state index contributed by atoms with van der Waals surface area (Å²) in [4.78, 5) is 56.2. The second kappa shape index (κ2) is 22.2. The van der Waals surface area contributed by atoms with Crippen LogP contribution in [0.15, 0.2) is 27.5 Å². The smallest absolute Gasteiger partial charge is 0.197 e. The standard InChI is InChI=1S/C16H15O5S.C10H8ClO3S.C6H8O2.2C2H6.2Y/c1-9-10-7-8-22(20,21)14(10)6-5-11(9)16(19)15-12(17)3-2-4-13(15)18;1-6-7-4-5-15(13,14)9(7)3-2-8(6)10(11)12;7-5-2-1-3-6(8)4-5;2*1-2;;/h5,19H,2-4,7-8H2,1H3;2H,4-5H2,1H3;1-4H2;2*1-2H3;;/q2*-1;;;;;. The van der Waals surface area contributed by atoms with Crippen molar-refractivity contribution in [3.05, 3.63) is 63.2 Å². The van der Waals surface area contributed by atoms with Crippen LogP contribution in [-0.2, 0) is 117 Å². The molecule has 2 saturated carbocycles. The van der Waals surface area contributed by atoms with E-state index in [2.05, 4.69) is 12.1 Å². The number of aliphatic hydroxyl groups is 1. The summed E-state index contributed by atoms with van der Waals surface area (Å²) in [5, 5.41) is 9.82. The third-order valence-electron chi connectivity index (χ3n) is 8.19. The molecule has 0 spiro atoms. The maximum absolute atomic E-state index is 11.9. The Kier molecular flexibility index (Phi) is 21.6. The number of benzene rings is 2. The maximum atomic E-state index is 11.9. The Bertz CT molecular complexity index is 1870. The van der Waals surface area contributed by atoms with Crippen molar-refractivity contribution in [3.63, 3.8) is 0 Å². The summed E-state index contributed by atoms with van der Waals surface area (Å²) in [6.45, 7) is 11.4. The second-order valence-corrected chi connectivity index (χ2v) is 15.6. The number of carbonyl (C=O) groups excluding carboxylic acids is 5. The molecule has 10 nitrogen and oxygen atoms in total. The molecule has 51 heavy (non-hydrogen) atoms. The molecule has 2 heterocycles. The van der Waals surface area contributed by atoms with Gasteiger partial charge in [-0.2, -0.15) is 24.3 Å².